The summed E-state index contributed by atoms with van der Waals surface area (Å²) in [6.07, 6.45) is 4.14. The molecule has 0 aliphatic rings. The van der Waals surface area contributed by atoms with Gasteiger partial charge >= 0.3 is 5.97 Å². The van der Waals surface area contributed by atoms with Gasteiger partial charge in [-0.15, -0.1) is 0 Å². The number of nitrogens with zero attached hydrogens (tertiary/aromatic N) is 1. The van der Waals surface area contributed by atoms with E-state index >= 15 is 0 Å². The monoisotopic (exact) mass is 282 g/mol. The number of nitrogens with one attached hydrogen (secondary N) is 1. The summed E-state index contributed by atoms with van der Waals surface area (Å²) < 4.78 is 5.13. The normalized spacial score (nSPS) is 11.6. The van der Waals surface area contributed by atoms with Crippen molar-refractivity contribution in [2.45, 2.75) is 20.3 Å². The van der Waals surface area contributed by atoms with Crippen molar-refractivity contribution >= 4 is 22.9 Å². The highest BCUT2D eigenvalue weighted by atomic mass is 16.5. The quantitative estimate of drug-likeness (QED) is 0.517. The van der Waals surface area contributed by atoms with Gasteiger partial charge in [0, 0.05) is 22.7 Å². The van der Waals surface area contributed by atoms with Crippen LogP contribution in [0.5, 0.6) is 0 Å². The zero-order valence-corrected chi connectivity index (χ0v) is 12.2. The van der Waals surface area contributed by atoms with Crippen molar-refractivity contribution in [3.63, 3.8) is 0 Å². The Morgan fingerprint density at radius 1 is 1.43 bits per heavy atom. The second-order valence-corrected chi connectivity index (χ2v) is 5.28. The molecule has 0 unspecified atom stereocenters. The van der Waals surface area contributed by atoms with Crippen LogP contribution in [0.2, 0.25) is 0 Å². The molecule has 4 nitrogen and oxygen atoms in total. The number of aromatic amines is 1. The molecule has 0 radical (unpaired) electrons. The molecule has 0 aliphatic heterocycles. The van der Waals surface area contributed by atoms with Crippen molar-refractivity contribution in [1.29, 1.82) is 5.26 Å². The summed E-state index contributed by atoms with van der Waals surface area (Å²) >= 11 is 0. The molecule has 0 atom stereocenters. The molecular formula is C17H18N2O2. The van der Waals surface area contributed by atoms with E-state index in [1.54, 1.807) is 12.3 Å². The van der Waals surface area contributed by atoms with Gasteiger partial charge in [-0.1, -0.05) is 32.0 Å². The largest absolute Gasteiger partial charge is 0.462 e. The lowest BCUT2D eigenvalue weighted by Crippen LogP contribution is -2.09. The molecule has 1 N–H and O–H groups in total. The predicted molar refractivity (Wildman–Crippen MR) is 82.3 cm³/mol. The summed E-state index contributed by atoms with van der Waals surface area (Å²) in [6.45, 7) is 4.45. The van der Waals surface area contributed by atoms with Crippen molar-refractivity contribution in [2.75, 3.05) is 6.61 Å². The molecule has 2 aromatic rings. The van der Waals surface area contributed by atoms with Crippen molar-refractivity contribution in [3.05, 3.63) is 41.6 Å². The van der Waals surface area contributed by atoms with Gasteiger partial charge < -0.3 is 9.72 Å². The van der Waals surface area contributed by atoms with Gasteiger partial charge in [-0.2, -0.15) is 5.26 Å². The molecule has 0 fully saturated rings. The first-order valence-corrected chi connectivity index (χ1v) is 6.97. The van der Waals surface area contributed by atoms with E-state index in [0.29, 0.717) is 12.5 Å². The molecule has 0 aliphatic carbocycles. The van der Waals surface area contributed by atoms with Crippen LogP contribution in [0.3, 0.4) is 0 Å². The van der Waals surface area contributed by atoms with Crippen LogP contribution in [-0.2, 0) is 9.53 Å². The van der Waals surface area contributed by atoms with Gasteiger partial charge in [0.05, 0.1) is 6.61 Å². The highest BCUT2D eigenvalue weighted by molar-refractivity contribution is 6.01. The smallest absolute Gasteiger partial charge is 0.348 e. The summed E-state index contributed by atoms with van der Waals surface area (Å²) in [6, 6.07) is 9.65. The fraction of sp³-hybridized carbons (Fsp3) is 0.294. The van der Waals surface area contributed by atoms with E-state index in [1.165, 1.54) is 0 Å². The summed E-state index contributed by atoms with van der Waals surface area (Å²) in [5.41, 5.74) is 1.79. The van der Waals surface area contributed by atoms with Gasteiger partial charge in [0.25, 0.3) is 0 Å². The van der Waals surface area contributed by atoms with Crippen LogP contribution in [0.25, 0.3) is 17.0 Å². The second-order valence-electron chi connectivity index (χ2n) is 5.28. The molecule has 0 spiro atoms. The highest BCUT2D eigenvalue weighted by Gasteiger charge is 2.12. The van der Waals surface area contributed by atoms with Crippen LogP contribution in [0.15, 0.2) is 36.0 Å². The zero-order chi connectivity index (χ0) is 15.2. The number of hydrogen-bond donors (Lipinski definition) is 1. The third-order valence-corrected chi connectivity index (χ3v) is 3.19. The Kier molecular flexibility index (Phi) is 4.78. The number of ether oxygens (including phenoxy) is 1. The molecule has 0 bridgehead atoms. The lowest BCUT2D eigenvalue weighted by molar-refractivity contribution is -0.138. The van der Waals surface area contributed by atoms with Gasteiger partial charge in [-0.05, 0) is 24.5 Å². The zero-order valence-electron chi connectivity index (χ0n) is 12.2. The number of carbonyl (C=O) groups excluding carboxylic acids is 1. The number of nitriles is 1. The predicted octanol–water partition coefficient (Wildman–Crippen LogP) is 3.66. The topological polar surface area (TPSA) is 65.9 Å². The lowest BCUT2D eigenvalue weighted by Gasteiger charge is -2.05. The Morgan fingerprint density at radius 3 is 2.90 bits per heavy atom. The van der Waals surface area contributed by atoms with Gasteiger partial charge in [-0.25, -0.2) is 4.79 Å². The van der Waals surface area contributed by atoms with Crippen LogP contribution in [-0.4, -0.2) is 17.6 Å². The maximum atomic E-state index is 11.9. The summed E-state index contributed by atoms with van der Waals surface area (Å²) in [4.78, 5) is 15.0. The van der Waals surface area contributed by atoms with Crippen molar-refractivity contribution in [3.8, 4) is 6.07 Å². The number of fused-ring (bicyclic) bond motifs is 1. The third-order valence-electron chi connectivity index (χ3n) is 3.19. The summed E-state index contributed by atoms with van der Waals surface area (Å²) in [5.74, 6) is -0.107. The lowest BCUT2D eigenvalue weighted by atomic mass is 10.1. The van der Waals surface area contributed by atoms with Gasteiger partial charge in [0.1, 0.15) is 11.6 Å². The number of esters is 1. The highest BCUT2D eigenvalue weighted by Crippen LogP contribution is 2.20. The summed E-state index contributed by atoms with van der Waals surface area (Å²) in [5, 5.41) is 10.1. The molecule has 0 amide bonds. The number of H-pyrrole nitrogens is 1. The van der Waals surface area contributed by atoms with Crippen LogP contribution in [0.1, 0.15) is 25.8 Å². The van der Waals surface area contributed by atoms with E-state index in [0.717, 1.165) is 22.9 Å². The number of rotatable bonds is 5. The minimum Gasteiger partial charge on any atom is -0.462 e. The van der Waals surface area contributed by atoms with Crippen molar-refractivity contribution in [1.82, 2.24) is 4.98 Å². The molecule has 1 heterocycles. The third kappa shape index (κ3) is 3.73. The Labute approximate surface area is 124 Å². The van der Waals surface area contributed by atoms with E-state index in [4.69, 9.17) is 10.00 Å². The van der Waals surface area contributed by atoms with E-state index in [9.17, 15) is 4.79 Å². The Bertz CT molecular complexity index is 705. The molecule has 21 heavy (non-hydrogen) atoms. The van der Waals surface area contributed by atoms with Crippen LogP contribution in [0, 0.1) is 17.2 Å². The first-order valence-electron chi connectivity index (χ1n) is 6.97. The SMILES string of the molecule is CC(C)CCOC(=O)C(C#N)=Cc1c[nH]c2ccccc12. The number of benzene rings is 1. The molecular weight excluding hydrogens is 264 g/mol. The van der Waals surface area contributed by atoms with E-state index < -0.39 is 5.97 Å². The van der Waals surface area contributed by atoms with E-state index in [2.05, 4.69) is 18.8 Å². The van der Waals surface area contributed by atoms with Gasteiger partial charge in [0.2, 0.25) is 0 Å². The van der Waals surface area contributed by atoms with Crippen LogP contribution >= 0.6 is 0 Å². The van der Waals surface area contributed by atoms with Crippen molar-refractivity contribution in [2.24, 2.45) is 5.92 Å². The number of aromatic nitrogens is 1. The fourth-order valence-electron chi connectivity index (χ4n) is 1.97. The average molecular weight is 282 g/mol. The average Bonchev–Trinajstić information content (AvgIpc) is 2.87. The molecule has 108 valence electrons. The molecule has 0 saturated carbocycles. The summed E-state index contributed by atoms with van der Waals surface area (Å²) in [7, 11) is 0. The standard InChI is InChI=1S/C17H18N2O2/c1-12(2)7-8-21-17(20)13(10-18)9-14-11-19-16-6-4-3-5-15(14)16/h3-6,9,11-12,19H,7-8H2,1-2H3. The van der Waals surface area contributed by atoms with Gasteiger partial charge in [0.15, 0.2) is 0 Å². The first kappa shape index (κ1) is 14.9. The van der Waals surface area contributed by atoms with E-state index in [-0.39, 0.29) is 5.57 Å². The van der Waals surface area contributed by atoms with E-state index in [1.807, 2.05) is 30.3 Å². The van der Waals surface area contributed by atoms with Crippen LogP contribution < -0.4 is 0 Å². The number of hydrogen-bond acceptors (Lipinski definition) is 3. The maximum Gasteiger partial charge on any atom is 0.348 e. The molecule has 0 saturated heterocycles. The minimum atomic E-state index is -0.566. The minimum absolute atomic E-state index is 0.0171. The first-order chi connectivity index (χ1) is 10.1. The number of para-hydroxylation sites is 1. The Balaban J connectivity index is 2.17. The second kappa shape index (κ2) is 6.76. The fourth-order valence-corrected chi connectivity index (χ4v) is 1.97. The molecule has 2 rings (SSSR count). The van der Waals surface area contributed by atoms with Gasteiger partial charge in [-0.3, -0.25) is 0 Å². The van der Waals surface area contributed by atoms with Crippen molar-refractivity contribution < 1.29 is 9.53 Å². The number of carbonyl (C=O) groups is 1. The molecule has 1 aromatic heterocycles. The van der Waals surface area contributed by atoms with Crippen LogP contribution in [0.4, 0.5) is 0 Å². The Hall–Kier alpha value is -2.54. The maximum absolute atomic E-state index is 11.9. The Morgan fingerprint density at radius 2 is 2.19 bits per heavy atom. The molecule has 4 heteroatoms. The molecule has 1 aromatic carbocycles.